The second-order valence-electron chi connectivity index (χ2n) is 11.5. The highest BCUT2D eigenvalue weighted by Crippen LogP contribution is 2.33. The van der Waals surface area contributed by atoms with E-state index in [4.69, 9.17) is 11.6 Å². The highest BCUT2D eigenvalue weighted by atomic mass is 35.5. The number of piperazine rings is 1. The molecule has 1 N–H and O–H groups in total. The average Bonchev–Trinajstić information content (AvgIpc) is 3.55. The second kappa shape index (κ2) is 12.9. The van der Waals surface area contributed by atoms with Crippen molar-refractivity contribution < 1.29 is 22.4 Å². The molecule has 1 saturated heterocycles. The first kappa shape index (κ1) is 32.4. The van der Waals surface area contributed by atoms with Crippen LogP contribution in [0.25, 0.3) is 27.8 Å². The number of carbonyl (C=O) groups is 1. The zero-order valence-corrected chi connectivity index (χ0v) is 26.2. The van der Waals surface area contributed by atoms with Crippen LogP contribution in [0.4, 0.5) is 29.2 Å². The van der Waals surface area contributed by atoms with Gasteiger partial charge in [-0.2, -0.15) is 18.2 Å². The van der Waals surface area contributed by atoms with Crippen molar-refractivity contribution in [1.29, 1.82) is 0 Å². The van der Waals surface area contributed by atoms with Crippen LogP contribution in [0.5, 0.6) is 0 Å². The summed E-state index contributed by atoms with van der Waals surface area (Å²) >= 11 is 5.91. The molecule has 0 atom stereocenters. The lowest BCUT2D eigenvalue weighted by atomic mass is 10.0. The Morgan fingerprint density at radius 2 is 1.79 bits per heavy atom. The monoisotopic (exact) mass is 667 g/mol. The maximum atomic E-state index is 13.7. The highest BCUT2D eigenvalue weighted by molar-refractivity contribution is 6.31. The SMILES string of the molecule is CC(=O)c1cn(CCN2CCN(C)CC2)c2ccc(-c3cnc(Nc4ccc(F)c(Cl)c4)nc3-n3ccc(C(F)(F)F)c3)cc2c1=O. The van der Waals surface area contributed by atoms with Crippen LogP contribution in [0.2, 0.25) is 5.02 Å². The first-order valence-electron chi connectivity index (χ1n) is 14.8. The minimum atomic E-state index is -4.59. The fourth-order valence-corrected chi connectivity index (χ4v) is 5.73. The molecule has 0 spiro atoms. The highest BCUT2D eigenvalue weighted by Gasteiger charge is 2.32. The lowest BCUT2D eigenvalue weighted by molar-refractivity contribution is -0.137. The molecule has 5 aromatic rings. The van der Waals surface area contributed by atoms with Crippen molar-refractivity contribution in [2.45, 2.75) is 19.6 Å². The van der Waals surface area contributed by atoms with Crippen molar-refractivity contribution in [3.8, 4) is 16.9 Å². The number of alkyl halides is 3. The Hall–Kier alpha value is -4.59. The van der Waals surface area contributed by atoms with E-state index < -0.39 is 23.0 Å². The Balaban J connectivity index is 1.43. The molecule has 1 fully saturated rings. The molecule has 1 aliphatic rings. The molecule has 1 aliphatic heterocycles. The van der Waals surface area contributed by atoms with Gasteiger partial charge in [0.15, 0.2) is 11.2 Å². The molecule has 47 heavy (non-hydrogen) atoms. The molecule has 9 nitrogen and oxygen atoms in total. The molecule has 0 unspecified atom stereocenters. The molecule has 0 radical (unpaired) electrons. The third-order valence-corrected chi connectivity index (χ3v) is 8.52. The molecular weight excluding hydrogens is 638 g/mol. The Bertz CT molecular complexity index is 2030. The summed E-state index contributed by atoms with van der Waals surface area (Å²) in [6, 6.07) is 9.94. The van der Waals surface area contributed by atoms with E-state index in [1.165, 1.54) is 36.0 Å². The van der Waals surface area contributed by atoms with E-state index in [0.717, 1.165) is 51.1 Å². The van der Waals surface area contributed by atoms with Crippen LogP contribution in [-0.4, -0.2) is 74.5 Å². The molecule has 244 valence electrons. The summed E-state index contributed by atoms with van der Waals surface area (Å²) in [7, 11) is 2.08. The van der Waals surface area contributed by atoms with Crippen LogP contribution in [0.1, 0.15) is 22.8 Å². The van der Waals surface area contributed by atoms with E-state index in [1.54, 1.807) is 24.4 Å². The molecule has 14 heteroatoms. The first-order chi connectivity index (χ1) is 22.4. The van der Waals surface area contributed by atoms with Crippen LogP contribution in [0, 0.1) is 5.82 Å². The van der Waals surface area contributed by atoms with Gasteiger partial charge in [0.25, 0.3) is 0 Å². The van der Waals surface area contributed by atoms with Crippen molar-refractivity contribution in [3.63, 3.8) is 0 Å². The molecular formula is C33H30ClF4N7O2. The standard InChI is InChI=1S/C33H30ClF4N7O2/c1-20(46)26-19-44(14-13-43-11-9-42(2)10-12-43)29-6-3-21(15-24(29)30(26)47)25-17-39-32(40-23-4-5-28(35)27(34)16-23)41-31(25)45-8-7-22(18-45)33(36,37)38/h3-8,15-19H,9-14H2,1-2H3,(H,39,40,41). The number of aromatic nitrogens is 4. The van der Waals surface area contributed by atoms with Gasteiger partial charge in [0.2, 0.25) is 5.95 Å². The number of anilines is 2. The number of hydrogen-bond donors (Lipinski definition) is 1. The van der Waals surface area contributed by atoms with Crippen LogP contribution < -0.4 is 10.7 Å². The molecule has 0 aliphatic carbocycles. The summed E-state index contributed by atoms with van der Waals surface area (Å²) < 4.78 is 57.5. The smallest absolute Gasteiger partial charge is 0.345 e. The Kier molecular flexibility index (Phi) is 8.88. The number of benzene rings is 2. The number of ketones is 1. The third-order valence-electron chi connectivity index (χ3n) is 8.23. The van der Waals surface area contributed by atoms with Gasteiger partial charge < -0.3 is 19.4 Å². The molecule has 0 saturated carbocycles. The van der Waals surface area contributed by atoms with Gasteiger partial charge in [0.1, 0.15) is 11.6 Å². The van der Waals surface area contributed by atoms with E-state index in [1.807, 2.05) is 4.57 Å². The van der Waals surface area contributed by atoms with Crippen molar-refractivity contribution in [2.24, 2.45) is 0 Å². The molecule has 2 aromatic carbocycles. The zero-order valence-electron chi connectivity index (χ0n) is 25.5. The normalized spacial score (nSPS) is 14.5. The summed E-state index contributed by atoms with van der Waals surface area (Å²) in [6.07, 6.45) is 0.562. The second-order valence-corrected chi connectivity index (χ2v) is 11.9. The molecule has 0 bridgehead atoms. The van der Waals surface area contributed by atoms with Crippen molar-refractivity contribution in [2.75, 3.05) is 45.1 Å². The van der Waals surface area contributed by atoms with Crippen LogP contribution in [0.15, 0.2) is 72.0 Å². The van der Waals surface area contributed by atoms with Gasteiger partial charge in [-0.1, -0.05) is 17.7 Å². The van der Waals surface area contributed by atoms with Crippen molar-refractivity contribution in [1.82, 2.24) is 28.9 Å². The molecule has 0 amide bonds. The van der Waals surface area contributed by atoms with Gasteiger partial charge in [0.05, 0.1) is 21.7 Å². The number of fused-ring (bicyclic) bond motifs is 1. The summed E-state index contributed by atoms with van der Waals surface area (Å²) in [6.45, 7) is 6.35. The van der Waals surface area contributed by atoms with E-state index in [9.17, 15) is 27.2 Å². The van der Waals surface area contributed by atoms with Crippen LogP contribution >= 0.6 is 11.6 Å². The summed E-state index contributed by atoms with van der Waals surface area (Å²) in [5, 5.41) is 3.05. The number of carbonyl (C=O) groups excluding carboxylic acids is 1. The van der Waals surface area contributed by atoms with Gasteiger partial charge in [-0.15, -0.1) is 0 Å². The van der Waals surface area contributed by atoms with Crippen LogP contribution in [0.3, 0.4) is 0 Å². The minimum absolute atomic E-state index is 0.0135. The molecule has 3 aromatic heterocycles. The third kappa shape index (κ3) is 6.92. The number of hydrogen-bond acceptors (Lipinski definition) is 7. The van der Waals surface area contributed by atoms with Gasteiger partial charge in [-0.3, -0.25) is 14.5 Å². The summed E-state index contributed by atoms with van der Waals surface area (Å²) in [4.78, 5) is 39.5. The fraction of sp³-hybridized carbons (Fsp3) is 0.273. The fourth-order valence-electron chi connectivity index (χ4n) is 5.55. The Morgan fingerprint density at radius 1 is 1.02 bits per heavy atom. The van der Waals surface area contributed by atoms with Gasteiger partial charge >= 0.3 is 6.18 Å². The summed E-state index contributed by atoms with van der Waals surface area (Å²) in [5.74, 6) is -0.893. The Labute approximate surface area is 272 Å². The number of rotatable bonds is 8. The maximum absolute atomic E-state index is 13.7. The van der Waals surface area contributed by atoms with Crippen LogP contribution in [-0.2, 0) is 12.7 Å². The zero-order chi connectivity index (χ0) is 33.5. The van der Waals surface area contributed by atoms with Crippen molar-refractivity contribution >= 4 is 39.9 Å². The molecule has 4 heterocycles. The quantitative estimate of drug-likeness (QED) is 0.155. The number of nitrogens with one attached hydrogen (secondary N) is 1. The predicted molar refractivity (Wildman–Crippen MR) is 172 cm³/mol. The maximum Gasteiger partial charge on any atom is 0.417 e. The number of Topliss-reactive ketones (excluding diaryl/α,β-unsaturated/α-hetero) is 1. The number of pyridine rings is 1. The van der Waals surface area contributed by atoms with E-state index >= 15 is 0 Å². The first-order valence-corrected chi connectivity index (χ1v) is 15.2. The number of nitrogens with zero attached hydrogens (tertiary/aromatic N) is 6. The van der Waals surface area contributed by atoms with Gasteiger partial charge in [0, 0.05) is 80.7 Å². The topological polar surface area (TPSA) is 88.3 Å². The van der Waals surface area contributed by atoms with E-state index in [2.05, 4.69) is 32.1 Å². The number of halogens is 5. The predicted octanol–water partition coefficient (Wildman–Crippen LogP) is 6.25. The lowest BCUT2D eigenvalue weighted by Crippen LogP contribution is -2.45. The van der Waals surface area contributed by atoms with Gasteiger partial charge in [-0.25, -0.2) is 9.37 Å². The molecule has 6 rings (SSSR count). The largest absolute Gasteiger partial charge is 0.417 e. The average molecular weight is 668 g/mol. The number of likely N-dealkylation sites (N-methyl/N-ethyl adjacent to an activating group) is 1. The minimum Gasteiger partial charge on any atom is -0.345 e. The van der Waals surface area contributed by atoms with E-state index in [0.29, 0.717) is 28.9 Å². The lowest BCUT2D eigenvalue weighted by Gasteiger charge is -2.32. The Morgan fingerprint density at radius 3 is 2.47 bits per heavy atom. The van der Waals surface area contributed by atoms with E-state index in [-0.39, 0.29) is 33.5 Å². The van der Waals surface area contributed by atoms with Crippen molar-refractivity contribution in [3.05, 3.63) is 99.4 Å². The summed E-state index contributed by atoms with van der Waals surface area (Å²) in [5.41, 5.74) is 0.479. The van der Waals surface area contributed by atoms with Gasteiger partial charge in [-0.05, 0) is 55.9 Å².